The number of likely N-dealkylation sites (tertiary alicyclic amines) is 1. The smallest absolute Gasteiger partial charge is 0.260 e. The average molecular weight is 281 g/mol. The van der Waals surface area contributed by atoms with Crippen molar-refractivity contribution < 1.29 is 9.59 Å². The van der Waals surface area contributed by atoms with Crippen molar-refractivity contribution in [1.82, 2.24) is 9.88 Å². The SMILES string of the molecule is CCCc1cc(C(=O)N2CC(C)CC2=O)cc(Cl)n1. The molecule has 1 unspecified atom stereocenters. The third-order valence-corrected chi connectivity index (χ3v) is 3.36. The van der Waals surface area contributed by atoms with E-state index in [9.17, 15) is 9.59 Å². The Morgan fingerprint density at radius 1 is 1.53 bits per heavy atom. The summed E-state index contributed by atoms with van der Waals surface area (Å²) in [6.07, 6.45) is 2.14. The lowest BCUT2D eigenvalue weighted by Crippen LogP contribution is -2.32. The Bertz CT molecular complexity index is 516. The van der Waals surface area contributed by atoms with Gasteiger partial charge in [0.1, 0.15) is 5.15 Å². The minimum Gasteiger partial charge on any atom is -0.278 e. The van der Waals surface area contributed by atoms with E-state index < -0.39 is 0 Å². The number of halogens is 1. The van der Waals surface area contributed by atoms with E-state index in [-0.39, 0.29) is 17.7 Å². The standard InChI is InChI=1S/C14H17ClN2O2/c1-3-4-11-6-10(7-12(15)16-11)14(19)17-8-9(2)5-13(17)18/h6-7,9H,3-5,8H2,1-2H3. The number of aryl methyl sites for hydroxylation is 1. The Labute approximate surface area is 117 Å². The van der Waals surface area contributed by atoms with Crippen molar-refractivity contribution >= 4 is 23.4 Å². The summed E-state index contributed by atoms with van der Waals surface area (Å²) in [7, 11) is 0. The van der Waals surface area contributed by atoms with Gasteiger partial charge in [0.25, 0.3) is 5.91 Å². The number of imide groups is 1. The predicted molar refractivity (Wildman–Crippen MR) is 73.1 cm³/mol. The maximum atomic E-state index is 12.3. The molecule has 0 bridgehead atoms. The highest BCUT2D eigenvalue weighted by molar-refractivity contribution is 6.29. The lowest BCUT2D eigenvalue weighted by molar-refractivity contribution is -0.125. The lowest BCUT2D eigenvalue weighted by Gasteiger charge is -2.14. The van der Waals surface area contributed by atoms with Gasteiger partial charge in [0.15, 0.2) is 0 Å². The number of nitrogens with zero attached hydrogens (tertiary/aromatic N) is 2. The van der Waals surface area contributed by atoms with E-state index >= 15 is 0 Å². The predicted octanol–water partition coefficient (Wildman–Crippen LogP) is 2.70. The minimum atomic E-state index is -0.268. The second-order valence-electron chi connectivity index (χ2n) is 5.04. The molecule has 1 atom stereocenters. The number of hydrogen-bond donors (Lipinski definition) is 0. The Balaban J connectivity index is 2.26. The van der Waals surface area contributed by atoms with Crippen LogP contribution in [0, 0.1) is 5.92 Å². The number of pyridine rings is 1. The van der Waals surface area contributed by atoms with Crippen LogP contribution in [0.2, 0.25) is 5.15 Å². The zero-order valence-electron chi connectivity index (χ0n) is 11.1. The highest BCUT2D eigenvalue weighted by Gasteiger charge is 2.32. The van der Waals surface area contributed by atoms with E-state index in [1.54, 1.807) is 6.07 Å². The number of amides is 2. The number of carbonyl (C=O) groups is 2. The van der Waals surface area contributed by atoms with Crippen molar-refractivity contribution in [1.29, 1.82) is 0 Å². The van der Waals surface area contributed by atoms with Crippen LogP contribution in [-0.4, -0.2) is 28.2 Å². The molecule has 0 radical (unpaired) electrons. The van der Waals surface area contributed by atoms with Gasteiger partial charge in [-0.1, -0.05) is 31.9 Å². The highest BCUT2D eigenvalue weighted by Crippen LogP contribution is 2.21. The third kappa shape index (κ3) is 3.13. The number of hydrogen-bond acceptors (Lipinski definition) is 3. The molecule has 102 valence electrons. The zero-order valence-corrected chi connectivity index (χ0v) is 11.9. The van der Waals surface area contributed by atoms with Gasteiger partial charge in [0, 0.05) is 24.2 Å². The molecular formula is C14H17ClN2O2. The van der Waals surface area contributed by atoms with E-state index in [0.717, 1.165) is 18.5 Å². The molecule has 2 amide bonds. The van der Waals surface area contributed by atoms with Crippen molar-refractivity contribution in [3.05, 3.63) is 28.5 Å². The van der Waals surface area contributed by atoms with Crippen molar-refractivity contribution in [3.8, 4) is 0 Å². The Morgan fingerprint density at radius 2 is 2.26 bits per heavy atom. The molecule has 1 aliphatic rings. The molecule has 1 aliphatic heterocycles. The Hall–Kier alpha value is -1.42. The molecule has 2 rings (SSSR count). The molecule has 19 heavy (non-hydrogen) atoms. The first kappa shape index (κ1) is 14.0. The van der Waals surface area contributed by atoms with Crippen molar-refractivity contribution in [2.45, 2.75) is 33.1 Å². The quantitative estimate of drug-likeness (QED) is 0.632. The highest BCUT2D eigenvalue weighted by atomic mass is 35.5. The first-order valence-electron chi connectivity index (χ1n) is 6.52. The number of rotatable bonds is 3. The first-order valence-corrected chi connectivity index (χ1v) is 6.90. The van der Waals surface area contributed by atoms with E-state index in [1.165, 1.54) is 11.0 Å². The van der Waals surface area contributed by atoms with Crippen LogP contribution in [0.15, 0.2) is 12.1 Å². The van der Waals surface area contributed by atoms with Gasteiger partial charge in [0.05, 0.1) is 0 Å². The summed E-state index contributed by atoms with van der Waals surface area (Å²) >= 11 is 5.93. The van der Waals surface area contributed by atoms with Gasteiger partial charge in [0.2, 0.25) is 5.91 Å². The Morgan fingerprint density at radius 3 is 2.84 bits per heavy atom. The molecule has 4 nitrogen and oxygen atoms in total. The van der Waals surface area contributed by atoms with Crippen molar-refractivity contribution in [3.63, 3.8) is 0 Å². The van der Waals surface area contributed by atoms with E-state index in [0.29, 0.717) is 23.7 Å². The van der Waals surface area contributed by atoms with Gasteiger partial charge in [-0.25, -0.2) is 4.98 Å². The fourth-order valence-electron chi connectivity index (χ4n) is 2.30. The van der Waals surface area contributed by atoms with E-state index in [1.807, 2.05) is 13.8 Å². The van der Waals surface area contributed by atoms with E-state index in [2.05, 4.69) is 4.98 Å². The third-order valence-electron chi connectivity index (χ3n) is 3.16. The molecule has 5 heteroatoms. The van der Waals surface area contributed by atoms with Gasteiger partial charge in [-0.05, 0) is 24.5 Å². The van der Waals surface area contributed by atoms with Gasteiger partial charge in [-0.3, -0.25) is 14.5 Å². The van der Waals surface area contributed by atoms with Crippen LogP contribution in [-0.2, 0) is 11.2 Å². The van der Waals surface area contributed by atoms with Crippen LogP contribution in [0.4, 0.5) is 0 Å². The summed E-state index contributed by atoms with van der Waals surface area (Å²) in [5.41, 5.74) is 1.24. The molecule has 0 N–H and O–H groups in total. The van der Waals surface area contributed by atoms with Gasteiger partial charge < -0.3 is 0 Å². The summed E-state index contributed by atoms with van der Waals surface area (Å²) in [4.78, 5) is 29.6. The molecule has 1 saturated heterocycles. The Kier molecular flexibility index (Phi) is 4.20. The van der Waals surface area contributed by atoms with Crippen LogP contribution in [0.5, 0.6) is 0 Å². The topological polar surface area (TPSA) is 50.3 Å². The number of aromatic nitrogens is 1. The largest absolute Gasteiger partial charge is 0.278 e. The summed E-state index contributed by atoms with van der Waals surface area (Å²) in [6, 6.07) is 3.26. The van der Waals surface area contributed by atoms with Crippen molar-refractivity contribution in [2.75, 3.05) is 6.54 Å². The molecule has 0 saturated carbocycles. The molecule has 1 aromatic rings. The molecule has 2 heterocycles. The summed E-state index contributed by atoms with van der Waals surface area (Å²) in [6.45, 7) is 4.49. The fraction of sp³-hybridized carbons (Fsp3) is 0.500. The van der Waals surface area contributed by atoms with E-state index in [4.69, 9.17) is 11.6 Å². The molecule has 1 aromatic heterocycles. The normalized spacial score (nSPS) is 19.0. The molecule has 0 aliphatic carbocycles. The zero-order chi connectivity index (χ0) is 14.0. The lowest BCUT2D eigenvalue weighted by atomic mass is 10.1. The average Bonchev–Trinajstić information content (AvgIpc) is 2.67. The van der Waals surface area contributed by atoms with Crippen LogP contribution >= 0.6 is 11.6 Å². The molecular weight excluding hydrogens is 264 g/mol. The second-order valence-corrected chi connectivity index (χ2v) is 5.43. The maximum Gasteiger partial charge on any atom is 0.260 e. The van der Waals surface area contributed by atoms with Crippen LogP contribution < -0.4 is 0 Å². The minimum absolute atomic E-state index is 0.109. The van der Waals surface area contributed by atoms with Gasteiger partial charge in [-0.2, -0.15) is 0 Å². The summed E-state index contributed by atoms with van der Waals surface area (Å²) in [5, 5.41) is 0.300. The molecule has 0 aromatic carbocycles. The summed E-state index contributed by atoms with van der Waals surface area (Å²) in [5.74, 6) is -0.151. The number of carbonyl (C=O) groups excluding carboxylic acids is 2. The van der Waals surface area contributed by atoms with Crippen LogP contribution in [0.25, 0.3) is 0 Å². The summed E-state index contributed by atoms with van der Waals surface area (Å²) < 4.78 is 0. The first-order chi connectivity index (χ1) is 9.01. The van der Waals surface area contributed by atoms with Crippen molar-refractivity contribution in [2.24, 2.45) is 5.92 Å². The molecule has 0 spiro atoms. The monoisotopic (exact) mass is 280 g/mol. The van der Waals surface area contributed by atoms with Crippen LogP contribution in [0.1, 0.15) is 42.7 Å². The molecule has 1 fully saturated rings. The van der Waals surface area contributed by atoms with Crippen LogP contribution in [0.3, 0.4) is 0 Å². The fourth-order valence-corrected chi connectivity index (χ4v) is 2.52. The second kappa shape index (κ2) is 5.70. The maximum absolute atomic E-state index is 12.3. The van der Waals surface area contributed by atoms with Gasteiger partial charge in [-0.15, -0.1) is 0 Å². The van der Waals surface area contributed by atoms with Gasteiger partial charge >= 0.3 is 0 Å².